The van der Waals surface area contributed by atoms with E-state index in [1.54, 1.807) is 19.5 Å². The van der Waals surface area contributed by atoms with E-state index in [0.717, 1.165) is 62.5 Å². The van der Waals surface area contributed by atoms with Crippen molar-refractivity contribution in [2.75, 3.05) is 27.0 Å². The molecule has 1 aromatic carbocycles. The Kier molecular flexibility index (Phi) is 18.9. The van der Waals surface area contributed by atoms with Crippen LogP contribution in [0.4, 0.5) is 0 Å². The van der Waals surface area contributed by atoms with Crippen LogP contribution >= 0.6 is 0 Å². The number of methoxy groups -OCH3 is 1. The Balaban J connectivity index is 1.50. The highest BCUT2D eigenvalue weighted by Crippen LogP contribution is 2.30. The van der Waals surface area contributed by atoms with Crippen molar-refractivity contribution in [2.24, 2.45) is 17.8 Å². The van der Waals surface area contributed by atoms with Crippen molar-refractivity contribution in [2.45, 2.75) is 141 Å². The molecule has 1 aliphatic carbocycles. The van der Waals surface area contributed by atoms with Crippen molar-refractivity contribution >= 4 is 17.7 Å². The predicted molar refractivity (Wildman–Crippen MR) is 211 cm³/mol. The maximum absolute atomic E-state index is 14.4. The van der Waals surface area contributed by atoms with Crippen LogP contribution in [0.2, 0.25) is 0 Å². The van der Waals surface area contributed by atoms with Gasteiger partial charge in [-0.3, -0.25) is 24.7 Å². The number of piperidine rings is 1. The van der Waals surface area contributed by atoms with Crippen LogP contribution in [0.15, 0.2) is 54.9 Å². The molecule has 4 N–H and O–H groups in total. The lowest BCUT2D eigenvalue weighted by Gasteiger charge is -2.36. The lowest BCUT2D eigenvalue weighted by Crippen LogP contribution is -2.58. The molecule has 5 atom stereocenters. The number of nitrogens with zero attached hydrogens (tertiary/aromatic N) is 2. The molecule has 0 spiro atoms. The van der Waals surface area contributed by atoms with Gasteiger partial charge in [0.2, 0.25) is 17.7 Å². The molecule has 2 fully saturated rings. The Morgan fingerprint density at radius 2 is 1.67 bits per heavy atom. The van der Waals surface area contributed by atoms with Crippen molar-refractivity contribution in [3.8, 4) is 0 Å². The fourth-order valence-electron chi connectivity index (χ4n) is 7.94. The fraction of sp³-hybridized carbons (Fsp3) is 0.674. The number of likely N-dealkylation sites (tertiary alicyclic amines) is 1. The molecule has 11 heteroatoms. The second-order valence-electron chi connectivity index (χ2n) is 15.8. The number of pyridine rings is 1. The first kappa shape index (κ1) is 43.3. The predicted octanol–water partition coefficient (Wildman–Crippen LogP) is 5.55. The molecule has 3 amide bonds. The summed E-state index contributed by atoms with van der Waals surface area (Å²) in [5, 5.41) is 21.8. The molecule has 4 rings (SSSR count). The number of amides is 3. The molecule has 1 saturated carbocycles. The molecular weight excluding hydrogens is 683 g/mol. The van der Waals surface area contributed by atoms with Crippen molar-refractivity contribution in [1.82, 2.24) is 25.8 Å². The molecule has 0 radical (unpaired) electrons. The van der Waals surface area contributed by atoms with E-state index in [1.165, 1.54) is 6.42 Å². The zero-order chi connectivity index (χ0) is 38.7. The van der Waals surface area contributed by atoms with Gasteiger partial charge < -0.3 is 30.1 Å². The topological polar surface area (TPSA) is 142 Å². The van der Waals surface area contributed by atoms with Gasteiger partial charge in [0.1, 0.15) is 6.79 Å². The van der Waals surface area contributed by atoms with E-state index >= 15 is 0 Å². The van der Waals surface area contributed by atoms with E-state index in [9.17, 15) is 19.5 Å². The number of aliphatic hydroxyl groups is 1. The first-order valence-electron chi connectivity index (χ1n) is 20.5. The number of aliphatic hydroxyl groups excluding tert-OH is 1. The van der Waals surface area contributed by atoms with Gasteiger partial charge in [0.15, 0.2) is 0 Å². The molecule has 300 valence electrons. The highest BCUT2D eigenvalue weighted by molar-refractivity contribution is 5.86. The Hall–Kier alpha value is -3.38. The number of aromatic nitrogens is 1. The van der Waals surface area contributed by atoms with Gasteiger partial charge in [-0.15, -0.1) is 0 Å². The van der Waals surface area contributed by atoms with Crippen LogP contribution < -0.4 is 16.0 Å². The summed E-state index contributed by atoms with van der Waals surface area (Å²) >= 11 is 0. The fourth-order valence-corrected chi connectivity index (χ4v) is 7.94. The first-order chi connectivity index (χ1) is 26.2. The minimum Gasteiger partial charge on any atom is -0.391 e. The van der Waals surface area contributed by atoms with Crippen LogP contribution in [0.25, 0.3) is 0 Å². The molecule has 2 aromatic rings. The van der Waals surface area contributed by atoms with Crippen LogP contribution in [0.3, 0.4) is 0 Å². The monoisotopic (exact) mass is 750 g/mol. The summed E-state index contributed by atoms with van der Waals surface area (Å²) in [6.45, 7) is 7.85. The molecule has 2 heterocycles. The van der Waals surface area contributed by atoms with E-state index in [0.29, 0.717) is 44.8 Å². The molecular formula is C43H67N5O6. The third-order valence-electron chi connectivity index (χ3n) is 11.3. The Morgan fingerprint density at radius 1 is 0.944 bits per heavy atom. The molecule has 1 unspecified atom stereocenters. The van der Waals surface area contributed by atoms with Gasteiger partial charge in [0.05, 0.1) is 30.3 Å². The summed E-state index contributed by atoms with van der Waals surface area (Å²) in [7, 11) is 1.61. The Labute approximate surface area is 323 Å². The summed E-state index contributed by atoms with van der Waals surface area (Å²) in [5.74, 6) is -0.402. The summed E-state index contributed by atoms with van der Waals surface area (Å²) in [6.07, 6.45) is 13.3. The minimum atomic E-state index is -0.914. The second-order valence-corrected chi connectivity index (χ2v) is 15.8. The lowest BCUT2D eigenvalue weighted by molar-refractivity contribution is -0.139. The number of unbranched alkanes of at least 4 members (excludes halogenated alkanes) is 1. The van der Waals surface area contributed by atoms with E-state index in [1.807, 2.05) is 61.2 Å². The van der Waals surface area contributed by atoms with E-state index in [2.05, 4.69) is 27.9 Å². The Bertz CT molecular complexity index is 1370. The van der Waals surface area contributed by atoms with Gasteiger partial charge in [0.25, 0.3) is 0 Å². The average molecular weight is 750 g/mol. The van der Waals surface area contributed by atoms with Crippen molar-refractivity contribution < 1.29 is 29.0 Å². The third-order valence-corrected chi connectivity index (χ3v) is 11.3. The summed E-state index contributed by atoms with van der Waals surface area (Å²) in [6, 6.07) is 11.9. The number of carbonyl (C=O) groups is 3. The van der Waals surface area contributed by atoms with Gasteiger partial charge in [-0.2, -0.15) is 0 Å². The zero-order valence-corrected chi connectivity index (χ0v) is 33.2. The molecule has 1 aliphatic heterocycles. The number of rotatable bonds is 22. The number of benzene rings is 1. The third kappa shape index (κ3) is 14.4. The summed E-state index contributed by atoms with van der Waals surface area (Å²) in [4.78, 5) is 48.2. The lowest BCUT2D eigenvalue weighted by atomic mass is 9.81. The number of ether oxygens (including phenoxy) is 2. The van der Waals surface area contributed by atoms with Crippen LogP contribution in [0.5, 0.6) is 0 Å². The molecule has 2 aliphatic rings. The van der Waals surface area contributed by atoms with Crippen molar-refractivity contribution in [1.29, 1.82) is 0 Å². The van der Waals surface area contributed by atoms with E-state index in [4.69, 9.17) is 9.47 Å². The highest BCUT2D eigenvalue weighted by Gasteiger charge is 2.35. The van der Waals surface area contributed by atoms with Crippen LogP contribution in [-0.4, -0.2) is 90.0 Å². The number of nitrogens with one attached hydrogen (secondary N) is 3. The molecule has 54 heavy (non-hydrogen) atoms. The van der Waals surface area contributed by atoms with Gasteiger partial charge in [-0.05, 0) is 67.6 Å². The number of hydrogen-bond acceptors (Lipinski definition) is 8. The SMILES string of the molecule is CCCC[C@H](NC(Cc1ccccc1)C(=O)N1CCC(OCOC)CC1)C(=O)N[C@@H](CC1CCCCC1)[C@@H](O)C[C@H](C(=O)NCc1cccnc1)C(C)C. The Morgan fingerprint density at radius 3 is 2.31 bits per heavy atom. The summed E-state index contributed by atoms with van der Waals surface area (Å²) < 4.78 is 10.9. The minimum absolute atomic E-state index is 0.0140. The van der Waals surface area contributed by atoms with E-state index < -0.39 is 30.1 Å². The maximum atomic E-state index is 14.4. The molecule has 1 aromatic heterocycles. The quantitative estimate of drug-likeness (QED) is 0.115. The van der Waals surface area contributed by atoms with Gasteiger partial charge >= 0.3 is 0 Å². The largest absolute Gasteiger partial charge is 0.391 e. The first-order valence-corrected chi connectivity index (χ1v) is 20.5. The van der Waals surface area contributed by atoms with Gasteiger partial charge in [-0.1, -0.05) is 102 Å². The second kappa shape index (κ2) is 23.5. The van der Waals surface area contributed by atoms with Crippen molar-refractivity contribution in [3.63, 3.8) is 0 Å². The zero-order valence-electron chi connectivity index (χ0n) is 33.2. The van der Waals surface area contributed by atoms with E-state index in [-0.39, 0.29) is 43.0 Å². The molecule has 0 bridgehead atoms. The molecule has 11 nitrogen and oxygen atoms in total. The van der Waals surface area contributed by atoms with Crippen molar-refractivity contribution in [3.05, 3.63) is 66.0 Å². The number of hydrogen-bond donors (Lipinski definition) is 4. The molecule has 1 saturated heterocycles. The smallest absolute Gasteiger partial charge is 0.240 e. The van der Waals surface area contributed by atoms with Gasteiger partial charge in [0, 0.05) is 45.1 Å². The summed E-state index contributed by atoms with van der Waals surface area (Å²) in [5.41, 5.74) is 1.93. The van der Waals surface area contributed by atoms with Crippen LogP contribution in [0, 0.1) is 17.8 Å². The van der Waals surface area contributed by atoms with Crippen LogP contribution in [0.1, 0.15) is 109 Å². The normalized spacial score (nSPS) is 18.4. The average Bonchev–Trinajstić information content (AvgIpc) is 3.19. The standard InChI is InChI=1S/C43H67N5O6/c1-5-6-19-37(46-39(26-33-16-11-8-12-17-33)43(52)48-23-20-35(21-24-48)54-30-53-4)42(51)47-38(25-32-14-9-7-10-15-32)40(49)27-36(31(2)3)41(50)45-29-34-18-13-22-44-28-34/h8,11-13,16-18,22,28,31-32,35-40,46,49H,5-7,9-10,14-15,19-21,23-27,29-30H2,1-4H3,(H,45,50)(H,47,51)/t36-,37-,38-,39?,40-/m0/s1. The van der Waals surface area contributed by atoms with Gasteiger partial charge in [-0.25, -0.2) is 0 Å². The van der Waals surface area contributed by atoms with Crippen LogP contribution in [-0.2, 0) is 36.8 Å². The number of carbonyl (C=O) groups excluding carboxylic acids is 3. The maximum Gasteiger partial charge on any atom is 0.240 e. The highest BCUT2D eigenvalue weighted by atomic mass is 16.7.